The second kappa shape index (κ2) is 5.57. The molecule has 0 unspecified atom stereocenters. The van der Waals surface area contributed by atoms with E-state index in [1.165, 1.54) is 18.4 Å². The minimum atomic E-state index is -0.306. The predicted molar refractivity (Wildman–Crippen MR) is 83.2 cm³/mol. The minimum absolute atomic E-state index is 0.306. The molecule has 1 aliphatic heterocycles. The normalized spacial score (nSPS) is 16.4. The van der Waals surface area contributed by atoms with Crippen LogP contribution < -0.4 is 4.90 Å². The maximum absolute atomic E-state index is 11.9. The number of fused-ring (bicyclic) bond motifs is 1. The number of rotatable bonds is 2. The van der Waals surface area contributed by atoms with E-state index < -0.39 is 0 Å². The highest BCUT2D eigenvalue weighted by Gasteiger charge is 2.23. The molecule has 6 nitrogen and oxygen atoms in total. The molecule has 7 heteroatoms. The van der Waals surface area contributed by atoms with E-state index in [-0.39, 0.29) is 5.97 Å². The van der Waals surface area contributed by atoms with Crippen LogP contribution in [0.25, 0.3) is 10.2 Å². The number of hydrogen-bond donors (Lipinski definition) is 0. The van der Waals surface area contributed by atoms with Gasteiger partial charge in [-0.15, -0.1) is 11.3 Å². The molecule has 3 heterocycles. The summed E-state index contributed by atoms with van der Waals surface area (Å²) in [5, 5.41) is 0.979. The molecule has 0 spiro atoms. The average Bonchev–Trinajstić information content (AvgIpc) is 2.85. The van der Waals surface area contributed by atoms with Crippen molar-refractivity contribution >= 4 is 33.3 Å². The fourth-order valence-corrected chi connectivity index (χ4v) is 3.66. The first-order valence-electron chi connectivity index (χ1n) is 6.87. The van der Waals surface area contributed by atoms with Gasteiger partial charge in [0.25, 0.3) is 0 Å². The number of anilines is 1. The third kappa shape index (κ3) is 2.47. The summed E-state index contributed by atoms with van der Waals surface area (Å²) < 4.78 is 4.85. The van der Waals surface area contributed by atoms with Gasteiger partial charge >= 0.3 is 5.97 Å². The Kier molecular flexibility index (Phi) is 3.77. The fourth-order valence-electron chi connectivity index (χ4n) is 2.60. The topological polar surface area (TPSA) is 58.6 Å². The van der Waals surface area contributed by atoms with Crippen molar-refractivity contribution in [1.29, 1.82) is 0 Å². The van der Waals surface area contributed by atoms with Gasteiger partial charge in [0.05, 0.1) is 12.5 Å². The predicted octanol–water partition coefficient (Wildman–Crippen LogP) is 1.54. The zero-order chi connectivity index (χ0) is 15.0. The standard InChI is InChI=1S/C14H18N4O2S/c1-9-10-12(18-6-4-17(2)5-7-18)15-8-16-13(10)21-11(9)14(19)20-3/h8H,4-7H2,1-3H3. The van der Waals surface area contributed by atoms with Gasteiger partial charge in [-0.05, 0) is 19.5 Å². The summed E-state index contributed by atoms with van der Waals surface area (Å²) in [6.07, 6.45) is 1.58. The molecule has 1 fully saturated rings. The van der Waals surface area contributed by atoms with E-state index in [4.69, 9.17) is 4.74 Å². The highest BCUT2D eigenvalue weighted by Crippen LogP contribution is 2.35. The Balaban J connectivity index is 2.07. The SMILES string of the molecule is COC(=O)c1sc2ncnc(N3CCN(C)CC3)c2c1C. The molecule has 0 bridgehead atoms. The summed E-state index contributed by atoms with van der Waals surface area (Å²) in [4.78, 5) is 26.7. The van der Waals surface area contributed by atoms with E-state index in [2.05, 4.69) is 26.8 Å². The molecule has 2 aromatic rings. The number of piperazine rings is 1. The lowest BCUT2D eigenvalue weighted by Gasteiger charge is -2.33. The molecule has 0 N–H and O–H groups in total. The maximum atomic E-state index is 11.9. The lowest BCUT2D eigenvalue weighted by atomic mass is 10.2. The van der Waals surface area contributed by atoms with Crippen LogP contribution in [-0.2, 0) is 4.74 Å². The van der Waals surface area contributed by atoms with Crippen molar-refractivity contribution in [2.45, 2.75) is 6.92 Å². The Morgan fingerprint density at radius 2 is 2.00 bits per heavy atom. The summed E-state index contributed by atoms with van der Waals surface area (Å²) in [7, 11) is 3.53. The van der Waals surface area contributed by atoms with Crippen LogP contribution in [0.5, 0.6) is 0 Å². The second-order valence-corrected chi connectivity index (χ2v) is 6.21. The van der Waals surface area contributed by atoms with Crippen molar-refractivity contribution in [1.82, 2.24) is 14.9 Å². The number of carbonyl (C=O) groups is 1. The van der Waals surface area contributed by atoms with Gasteiger partial charge in [-0.25, -0.2) is 14.8 Å². The van der Waals surface area contributed by atoms with E-state index in [9.17, 15) is 4.79 Å². The molecule has 0 radical (unpaired) electrons. The monoisotopic (exact) mass is 306 g/mol. The fraction of sp³-hybridized carbons (Fsp3) is 0.500. The van der Waals surface area contributed by atoms with Crippen molar-refractivity contribution in [3.8, 4) is 0 Å². The molecular weight excluding hydrogens is 288 g/mol. The first kappa shape index (κ1) is 14.2. The van der Waals surface area contributed by atoms with Gasteiger partial charge in [0.2, 0.25) is 0 Å². The Bertz CT molecular complexity index is 677. The van der Waals surface area contributed by atoms with Crippen LogP contribution in [0, 0.1) is 6.92 Å². The van der Waals surface area contributed by atoms with Gasteiger partial charge in [0.15, 0.2) is 0 Å². The number of nitrogens with zero attached hydrogens (tertiary/aromatic N) is 4. The number of thiophene rings is 1. The summed E-state index contributed by atoms with van der Waals surface area (Å²) >= 11 is 1.37. The minimum Gasteiger partial charge on any atom is -0.465 e. The molecule has 0 aromatic carbocycles. The summed E-state index contributed by atoms with van der Waals surface area (Å²) in [6, 6.07) is 0. The Hall–Kier alpha value is -1.73. The number of esters is 1. The molecule has 2 aromatic heterocycles. The molecule has 0 amide bonds. The van der Waals surface area contributed by atoms with Crippen molar-refractivity contribution in [2.75, 3.05) is 45.2 Å². The number of methoxy groups -OCH3 is 1. The first-order valence-corrected chi connectivity index (χ1v) is 7.69. The largest absolute Gasteiger partial charge is 0.465 e. The van der Waals surface area contributed by atoms with Crippen LogP contribution in [-0.4, -0.2) is 61.2 Å². The van der Waals surface area contributed by atoms with Gasteiger partial charge in [0.1, 0.15) is 21.9 Å². The smallest absolute Gasteiger partial charge is 0.348 e. The zero-order valence-corrected chi connectivity index (χ0v) is 13.2. The van der Waals surface area contributed by atoms with Gasteiger partial charge in [-0.3, -0.25) is 0 Å². The lowest BCUT2D eigenvalue weighted by Crippen LogP contribution is -2.44. The Morgan fingerprint density at radius 3 is 2.67 bits per heavy atom. The van der Waals surface area contributed by atoms with Crippen LogP contribution >= 0.6 is 11.3 Å². The molecule has 0 saturated carbocycles. The van der Waals surface area contributed by atoms with Crippen LogP contribution in [0.4, 0.5) is 5.82 Å². The summed E-state index contributed by atoms with van der Waals surface area (Å²) in [5.74, 6) is 0.622. The molecule has 3 rings (SSSR count). The number of aromatic nitrogens is 2. The average molecular weight is 306 g/mol. The number of likely N-dealkylation sites (N-methyl/N-ethyl adjacent to an activating group) is 1. The number of ether oxygens (including phenoxy) is 1. The molecule has 0 aliphatic carbocycles. The third-order valence-corrected chi connectivity index (χ3v) is 5.06. The molecular formula is C14H18N4O2S. The number of carbonyl (C=O) groups excluding carboxylic acids is 1. The van der Waals surface area contributed by atoms with Crippen molar-refractivity contribution in [3.05, 3.63) is 16.8 Å². The quantitative estimate of drug-likeness (QED) is 0.785. The molecule has 1 aliphatic rings. The van der Waals surface area contributed by atoms with E-state index >= 15 is 0 Å². The van der Waals surface area contributed by atoms with E-state index in [0.29, 0.717) is 4.88 Å². The van der Waals surface area contributed by atoms with E-state index in [0.717, 1.165) is 47.8 Å². The summed E-state index contributed by atoms with van der Waals surface area (Å²) in [5.41, 5.74) is 0.913. The number of hydrogen-bond acceptors (Lipinski definition) is 7. The Morgan fingerprint density at radius 1 is 1.29 bits per heavy atom. The first-order chi connectivity index (χ1) is 10.1. The highest BCUT2D eigenvalue weighted by molar-refractivity contribution is 7.20. The second-order valence-electron chi connectivity index (χ2n) is 5.22. The summed E-state index contributed by atoms with van der Waals surface area (Å²) in [6.45, 7) is 5.84. The van der Waals surface area contributed by atoms with Crippen molar-refractivity contribution in [2.24, 2.45) is 0 Å². The maximum Gasteiger partial charge on any atom is 0.348 e. The van der Waals surface area contributed by atoms with E-state index in [1.807, 2.05) is 6.92 Å². The molecule has 21 heavy (non-hydrogen) atoms. The highest BCUT2D eigenvalue weighted by atomic mass is 32.1. The van der Waals surface area contributed by atoms with Crippen molar-refractivity contribution in [3.63, 3.8) is 0 Å². The van der Waals surface area contributed by atoms with Crippen LogP contribution in [0.1, 0.15) is 15.2 Å². The van der Waals surface area contributed by atoms with Crippen LogP contribution in [0.15, 0.2) is 6.33 Å². The van der Waals surface area contributed by atoms with Gasteiger partial charge in [-0.1, -0.05) is 0 Å². The third-order valence-electron chi connectivity index (χ3n) is 3.88. The van der Waals surface area contributed by atoms with Gasteiger partial charge < -0.3 is 14.5 Å². The van der Waals surface area contributed by atoms with Crippen molar-refractivity contribution < 1.29 is 9.53 Å². The molecule has 112 valence electrons. The van der Waals surface area contributed by atoms with Crippen LogP contribution in [0.2, 0.25) is 0 Å². The lowest BCUT2D eigenvalue weighted by molar-refractivity contribution is 0.0605. The van der Waals surface area contributed by atoms with Gasteiger partial charge in [0, 0.05) is 26.2 Å². The Labute approximate surface area is 127 Å². The molecule has 1 saturated heterocycles. The molecule has 0 atom stereocenters. The van der Waals surface area contributed by atoms with Gasteiger partial charge in [-0.2, -0.15) is 0 Å². The van der Waals surface area contributed by atoms with E-state index in [1.54, 1.807) is 6.33 Å². The zero-order valence-electron chi connectivity index (χ0n) is 12.4. The number of aryl methyl sites for hydroxylation is 1. The van der Waals surface area contributed by atoms with Crippen LogP contribution in [0.3, 0.4) is 0 Å².